The summed E-state index contributed by atoms with van der Waals surface area (Å²) in [6.07, 6.45) is -1.61. The highest BCUT2D eigenvalue weighted by Crippen LogP contribution is 2.31. The van der Waals surface area contributed by atoms with E-state index >= 15 is 0 Å². The number of carbonyl (C=O) groups excluding carboxylic acids is 1. The molecule has 0 radical (unpaired) electrons. The summed E-state index contributed by atoms with van der Waals surface area (Å²) in [5.41, 5.74) is -0.576. The van der Waals surface area contributed by atoms with Gasteiger partial charge in [0.15, 0.2) is 0 Å². The maximum Gasteiger partial charge on any atom is 0.341 e. The van der Waals surface area contributed by atoms with Crippen molar-refractivity contribution in [2.75, 3.05) is 6.61 Å². The van der Waals surface area contributed by atoms with E-state index in [0.29, 0.717) is 0 Å². The van der Waals surface area contributed by atoms with E-state index in [4.69, 9.17) is 16.3 Å². The van der Waals surface area contributed by atoms with Gasteiger partial charge in [-0.1, -0.05) is 0 Å². The maximum absolute atomic E-state index is 12.9. The van der Waals surface area contributed by atoms with Crippen LogP contribution < -0.4 is 0 Å². The molecule has 0 fully saturated rings. The molecule has 0 saturated heterocycles. The van der Waals surface area contributed by atoms with Gasteiger partial charge in [-0.3, -0.25) is 0 Å². The highest BCUT2D eigenvalue weighted by atomic mass is 79.9. The SMILES string of the molecule is CCOC(=O)c1c(Br)ncc(CCl)c1C(F)F. The predicted octanol–water partition coefficient (Wildman–Crippen LogP) is 3.70. The van der Waals surface area contributed by atoms with Crippen LogP contribution in [0.25, 0.3) is 0 Å². The number of nitrogens with zero attached hydrogens (tertiary/aromatic N) is 1. The molecule has 0 aliphatic rings. The fourth-order valence-corrected chi connectivity index (χ4v) is 1.98. The molecule has 0 amide bonds. The molecule has 0 unspecified atom stereocenters. The van der Waals surface area contributed by atoms with E-state index < -0.39 is 18.0 Å². The van der Waals surface area contributed by atoms with Crippen LogP contribution in [-0.4, -0.2) is 17.6 Å². The van der Waals surface area contributed by atoms with Gasteiger partial charge in [0.2, 0.25) is 0 Å². The lowest BCUT2D eigenvalue weighted by atomic mass is 10.1. The number of rotatable bonds is 4. The molecule has 0 aliphatic heterocycles. The first kappa shape index (κ1) is 14.3. The van der Waals surface area contributed by atoms with Crippen molar-refractivity contribution in [3.8, 4) is 0 Å². The highest BCUT2D eigenvalue weighted by Gasteiger charge is 2.26. The molecule has 1 aromatic heterocycles. The van der Waals surface area contributed by atoms with Gasteiger partial charge in [-0.25, -0.2) is 18.6 Å². The topological polar surface area (TPSA) is 39.2 Å². The number of hydrogen-bond donors (Lipinski definition) is 0. The Hall–Kier alpha value is -0.750. The molecule has 1 heterocycles. The minimum Gasteiger partial charge on any atom is -0.462 e. The normalized spacial score (nSPS) is 10.7. The third kappa shape index (κ3) is 3.13. The van der Waals surface area contributed by atoms with Crippen molar-refractivity contribution >= 4 is 33.5 Å². The van der Waals surface area contributed by atoms with Crippen molar-refractivity contribution in [1.29, 1.82) is 0 Å². The van der Waals surface area contributed by atoms with Gasteiger partial charge in [0, 0.05) is 17.6 Å². The van der Waals surface area contributed by atoms with Crippen LogP contribution in [-0.2, 0) is 10.6 Å². The fraction of sp³-hybridized carbons (Fsp3) is 0.400. The average Bonchev–Trinajstić information content (AvgIpc) is 2.28. The Morgan fingerprint density at radius 2 is 2.29 bits per heavy atom. The summed E-state index contributed by atoms with van der Waals surface area (Å²) in [7, 11) is 0. The lowest BCUT2D eigenvalue weighted by Gasteiger charge is -2.12. The summed E-state index contributed by atoms with van der Waals surface area (Å²) >= 11 is 8.50. The van der Waals surface area contributed by atoms with Crippen LogP contribution in [0.4, 0.5) is 8.78 Å². The van der Waals surface area contributed by atoms with E-state index in [1.54, 1.807) is 6.92 Å². The number of aromatic nitrogens is 1. The first-order chi connectivity index (χ1) is 8.02. The van der Waals surface area contributed by atoms with Crippen LogP contribution in [0, 0.1) is 0 Å². The predicted molar refractivity (Wildman–Crippen MR) is 62.4 cm³/mol. The number of halogens is 4. The van der Waals surface area contributed by atoms with E-state index in [0.717, 1.165) is 0 Å². The third-order valence-corrected chi connectivity index (χ3v) is 2.89. The van der Waals surface area contributed by atoms with Crippen LogP contribution >= 0.6 is 27.5 Å². The Labute approximate surface area is 110 Å². The van der Waals surface area contributed by atoms with Crippen LogP contribution in [0.2, 0.25) is 0 Å². The van der Waals surface area contributed by atoms with Crippen LogP contribution in [0.3, 0.4) is 0 Å². The molecule has 1 rings (SSSR count). The Kier molecular flexibility index (Phi) is 5.27. The summed E-state index contributed by atoms with van der Waals surface area (Å²) in [4.78, 5) is 15.4. The molecule has 7 heteroatoms. The molecule has 0 aromatic carbocycles. The largest absolute Gasteiger partial charge is 0.462 e. The highest BCUT2D eigenvalue weighted by molar-refractivity contribution is 9.10. The fourth-order valence-electron chi connectivity index (χ4n) is 1.29. The number of carbonyl (C=O) groups is 1. The lowest BCUT2D eigenvalue weighted by molar-refractivity contribution is 0.0513. The Bertz CT molecular complexity index is 429. The van der Waals surface area contributed by atoms with Crippen molar-refractivity contribution in [1.82, 2.24) is 4.98 Å². The van der Waals surface area contributed by atoms with Crippen molar-refractivity contribution < 1.29 is 18.3 Å². The zero-order valence-corrected chi connectivity index (χ0v) is 11.2. The van der Waals surface area contributed by atoms with E-state index in [2.05, 4.69) is 20.9 Å². The molecular formula is C10H9BrClF2NO2. The Morgan fingerprint density at radius 1 is 1.65 bits per heavy atom. The van der Waals surface area contributed by atoms with Crippen molar-refractivity contribution in [3.63, 3.8) is 0 Å². The summed E-state index contributed by atoms with van der Waals surface area (Å²) in [6, 6.07) is 0. The van der Waals surface area contributed by atoms with Gasteiger partial charge in [0.25, 0.3) is 6.43 Å². The first-order valence-electron chi connectivity index (χ1n) is 4.71. The smallest absolute Gasteiger partial charge is 0.341 e. The zero-order valence-electron chi connectivity index (χ0n) is 8.84. The van der Waals surface area contributed by atoms with Gasteiger partial charge in [-0.05, 0) is 28.4 Å². The number of ether oxygens (including phenoxy) is 1. The Morgan fingerprint density at radius 3 is 2.76 bits per heavy atom. The first-order valence-corrected chi connectivity index (χ1v) is 6.04. The molecule has 94 valence electrons. The van der Waals surface area contributed by atoms with Gasteiger partial charge in [-0.15, -0.1) is 11.6 Å². The molecule has 3 nitrogen and oxygen atoms in total. The van der Waals surface area contributed by atoms with Gasteiger partial charge >= 0.3 is 5.97 Å². The second kappa shape index (κ2) is 6.26. The van der Waals surface area contributed by atoms with Gasteiger partial charge in [0.1, 0.15) is 10.2 Å². The van der Waals surface area contributed by atoms with Crippen LogP contribution in [0.15, 0.2) is 10.8 Å². The maximum atomic E-state index is 12.9. The van der Waals surface area contributed by atoms with Gasteiger partial charge in [-0.2, -0.15) is 0 Å². The molecular weight excluding hydrogens is 319 g/mol. The second-order valence-electron chi connectivity index (χ2n) is 3.02. The standard InChI is InChI=1S/C10H9BrClF2NO2/c1-2-17-10(16)7-6(9(13)14)5(3-12)4-15-8(7)11/h4,9H,2-3H2,1H3. The number of pyridine rings is 1. The van der Waals surface area contributed by atoms with E-state index in [-0.39, 0.29) is 28.2 Å². The van der Waals surface area contributed by atoms with E-state index in [1.807, 2.05) is 0 Å². The van der Waals surface area contributed by atoms with Crippen molar-refractivity contribution in [3.05, 3.63) is 27.5 Å². The van der Waals surface area contributed by atoms with Crippen LogP contribution in [0.5, 0.6) is 0 Å². The van der Waals surface area contributed by atoms with Gasteiger partial charge in [0.05, 0.1) is 6.61 Å². The molecule has 1 aromatic rings. The molecule has 0 atom stereocenters. The molecule has 0 aliphatic carbocycles. The molecule has 17 heavy (non-hydrogen) atoms. The van der Waals surface area contributed by atoms with E-state index in [9.17, 15) is 13.6 Å². The van der Waals surface area contributed by atoms with Crippen molar-refractivity contribution in [2.45, 2.75) is 19.2 Å². The Balaban J connectivity index is 3.38. The quantitative estimate of drug-likeness (QED) is 0.481. The minimum absolute atomic E-state index is 0.0279. The molecule has 0 bridgehead atoms. The van der Waals surface area contributed by atoms with Gasteiger partial charge < -0.3 is 4.74 Å². The van der Waals surface area contributed by atoms with E-state index in [1.165, 1.54) is 6.20 Å². The number of alkyl halides is 3. The number of esters is 1. The third-order valence-electron chi connectivity index (χ3n) is 2.00. The summed E-state index contributed by atoms with van der Waals surface area (Å²) in [5.74, 6) is -0.985. The average molecular weight is 329 g/mol. The van der Waals surface area contributed by atoms with Crippen molar-refractivity contribution in [2.24, 2.45) is 0 Å². The molecule has 0 N–H and O–H groups in total. The summed E-state index contributed by atoms with van der Waals surface area (Å²) in [5, 5.41) is 0. The molecule has 0 saturated carbocycles. The molecule has 0 spiro atoms. The lowest BCUT2D eigenvalue weighted by Crippen LogP contribution is -2.12. The summed E-state index contributed by atoms with van der Waals surface area (Å²) < 4.78 is 30.6. The zero-order chi connectivity index (χ0) is 13.0. The summed E-state index contributed by atoms with van der Waals surface area (Å²) in [6.45, 7) is 1.69. The second-order valence-corrected chi connectivity index (χ2v) is 4.04. The minimum atomic E-state index is -2.82. The van der Waals surface area contributed by atoms with Crippen LogP contribution in [0.1, 0.15) is 34.8 Å². The monoisotopic (exact) mass is 327 g/mol. The number of hydrogen-bond acceptors (Lipinski definition) is 3.